The van der Waals surface area contributed by atoms with E-state index in [1.165, 1.54) is 0 Å². The van der Waals surface area contributed by atoms with Gasteiger partial charge < -0.3 is 15.8 Å². The molecule has 0 aromatic rings. The first-order valence-corrected chi connectivity index (χ1v) is 7.25. The average Bonchev–Trinajstić information content (AvgIpc) is 2.38. The number of nitrogens with two attached hydrogens (primary N) is 1. The summed E-state index contributed by atoms with van der Waals surface area (Å²) in [6.45, 7) is 9.53. The second kappa shape index (κ2) is 9.64. The molecule has 1 amide bonds. The number of hydrogen-bond acceptors (Lipinski definition) is 3. The molecule has 0 rings (SSSR count). The number of carbonyl (C=O) groups excluding carboxylic acids is 1. The third kappa shape index (κ3) is 5.94. The molecule has 0 spiro atoms. The molecule has 0 saturated heterocycles. The number of unbranched alkanes of at least 4 members (excludes halogenated alkanes) is 2. The molecule has 0 heterocycles. The SMILES string of the molecule is CCCCN(CCCC)C(=O)C(C(N)=NO)C(C)C. The molecule has 0 aromatic carbocycles. The van der Waals surface area contributed by atoms with Crippen LogP contribution in [0.4, 0.5) is 0 Å². The highest BCUT2D eigenvalue weighted by Crippen LogP contribution is 2.16. The van der Waals surface area contributed by atoms with Crippen LogP contribution in [0.5, 0.6) is 0 Å². The van der Waals surface area contributed by atoms with Crippen molar-refractivity contribution in [3.8, 4) is 0 Å². The van der Waals surface area contributed by atoms with Crippen molar-refractivity contribution in [2.24, 2.45) is 22.7 Å². The molecule has 5 heteroatoms. The first-order valence-electron chi connectivity index (χ1n) is 7.25. The fourth-order valence-corrected chi connectivity index (χ4v) is 2.04. The number of oxime groups is 1. The minimum absolute atomic E-state index is 0.0120. The van der Waals surface area contributed by atoms with Gasteiger partial charge in [-0.25, -0.2) is 0 Å². The molecule has 0 fully saturated rings. The molecule has 1 atom stereocenters. The lowest BCUT2D eigenvalue weighted by Crippen LogP contribution is -2.45. The summed E-state index contributed by atoms with van der Waals surface area (Å²) in [5.41, 5.74) is 5.67. The van der Waals surface area contributed by atoms with E-state index >= 15 is 0 Å². The molecule has 0 aliphatic heterocycles. The van der Waals surface area contributed by atoms with E-state index in [1.807, 2.05) is 18.7 Å². The first kappa shape index (κ1) is 17.7. The van der Waals surface area contributed by atoms with Gasteiger partial charge in [0.05, 0.1) is 0 Å². The number of hydrogen-bond donors (Lipinski definition) is 2. The number of carbonyl (C=O) groups is 1. The zero-order valence-corrected chi connectivity index (χ0v) is 12.7. The third-order valence-corrected chi connectivity index (χ3v) is 3.24. The van der Waals surface area contributed by atoms with Crippen LogP contribution in [0.25, 0.3) is 0 Å². The van der Waals surface area contributed by atoms with Crippen LogP contribution < -0.4 is 5.73 Å². The van der Waals surface area contributed by atoms with Crippen molar-refractivity contribution in [1.82, 2.24) is 4.90 Å². The van der Waals surface area contributed by atoms with Crippen LogP contribution in [0.1, 0.15) is 53.4 Å². The quantitative estimate of drug-likeness (QED) is 0.292. The van der Waals surface area contributed by atoms with Crippen LogP contribution in [0.2, 0.25) is 0 Å². The predicted octanol–water partition coefficient (Wildman–Crippen LogP) is 2.43. The van der Waals surface area contributed by atoms with Crippen LogP contribution in [-0.2, 0) is 4.79 Å². The van der Waals surface area contributed by atoms with Crippen LogP contribution in [0.15, 0.2) is 5.16 Å². The van der Waals surface area contributed by atoms with Crippen molar-refractivity contribution in [2.45, 2.75) is 53.4 Å². The minimum Gasteiger partial charge on any atom is -0.409 e. The van der Waals surface area contributed by atoms with E-state index in [1.54, 1.807) is 0 Å². The lowest BCUT2D eigenvalue weighted by Gasteiger charge is -2.28. The molecule has 1 unspecified atom stereocenters. The van der Waals surface area contributed by atoms with E-state index in [4.69, 9.17) is 10.9 Å². The first-order chi connectivity index (χ1) is 8.99. The summed E-state index contributed by atoms with van der Waals surface area (Å²) in [5, 5.41) is 11.9. The summed E-state index contributed by atoms with van der Waals surface area (Å²) in [7, 11) is 0. The molecule has 5 nitrogen and oxygen atoms in total. The standard InChI is InChI=1S/C14H29N3O2/c1-5-7-9-17(10-8-6-2)14(18)12(11(3)4)13(15)16-19/h11-12,19H,5-10H2,1-4H3,(H2,15,16). The van der Waals surface area contributed by atoms with Gasteiger partial charge in [0.2, 0.25) is 5.91 Å². The Kier molecular flexibility index (Phi) is 9.00. The van der Waals surface area contributed by atoms with E-state index < -0.39 is 5.92 Å². The highest BCUT2D eigenvalue weighted by Gasteiger charge is 2.30. The van der Waals surface area contributed by atoms with E-state index in [2.05, 4.69) is 19.0 Å². The summed E-state index contributed by atoms with van der Waals surface area (Å²) in [5.74, 6) is -0.516. The van der Waals surface area contributed by atoms with Gasteiger partial charge in [0.1, 0.15) is 5.92 Å². The highest BCUT2D eigenvalue weighted by atomic mass is 16.4. The van der Waals surface area contributed by atoms with Gasteiger partial charge in [0.15, 0.2) is 5.84 Å². The maximum atomic E-state index is 12.6. The van der Waals surface area contributed by atoms with Gasteiger partial charge in [-0.15, -0.1) is 0 Å². The summed E-state index contributed by atoms with van der Waals surface area (Å²) in [6.07, 6.45) is 4.06. The largest absolute Gasteiger partial charge is 0.409 e. The Balaban J connectivity index is 4.89. The number of amidine groups is 1. The molecule has 0 aliphatic rings. The zero-order chi connectivity index (χ0) is 14.8. The van der Waals surface area contributed by atoms with E-state index in [9.17, 15) is 4.79 Å². The molecular formula is C14H29N3O2. The Hall–Kier alpha value is -1.26. The summed E-state index contributed by atoms with van der Waals surface area (Å²) >= 11 is 0. The van der Waals surface area contributed by atoms with Crippen molar-refractivity contribution in [1.29, 1.82) is 0 Å². The van der Waals surface area contributed by atoms with E-state index in [-0.39, 0.29) is 17.7 Å². The monoisotopic (exact) mass is 271 g/mol. The fraction of sp³-hybridized carbons (Fsp3) is 0.857. The molecule has 0 aliphatic carbocycles. The van der Waals surface area contributed by atoms with Gasteiger partial charge in [0.25, 0.3) is 0 Å². The van der Waals surface area contributed by atoms with Crippen molar-refractivity contribution in [3.63, 3.8) is 0 Å². The van der Waals surface area contributed by atoms with Crippen LogP contribution >= 0.6 is 0 Å². The lowest BCUT2D eigenvalue weighted by molar-refractivity contribution is -0.134. The van der Waals surface area contributed by atoms with E-state index in [0.29, 0.717) is 0 Å². The average molecular weight is 271 g/mol. The smallest absolute Gasteiger partial charge is 0.233 e. The Bertz CT molecular complexity index is 282. The van der Waals surface area contributed by atoms with E-state index in [0.717, 1.165) is 38.8 Å². The number of nitrogens with zero attached hydrogens (tertiary/aromatic N) is 2. The zero-order valence-electron chi connectivity index (χ0n) is 12.7. The van der Waals surface area contributed by atoms with Gasteiger partial charge in [-0.05, 0) is 18.8 Å². The maximum Gasteiger partial charge on any atom is 0.233 e. The van der Waals surface area contributed by atoms with Gasteiger partial charge in [-0.2, -0.15) is 0 Å². The summed E-state index contributed by atoms with van der Waals surface area (Å²) < 4.78 is 0. The van der Waals surface area contributed by atoms with Crippen molar-refractivity contribution < 1.29 is 10.0 Å². The Morgan fingerprint density at radius 1 is 1.21 bits per heavy atom. The van der Waals surface area contributed by atoms with Crippen molar-refractivity contribution in [3.05, 3.63) is 0 Å². The van der Waals surface area contributed by atoms with Crippen LogP contribution in [-0.4, -0.2) is 34.9 Å². The third-order valence-electron chi connectivity index (χ3n) is 3.24. The van der Waals surface area contributed by atoms with Gasteiger partial charge in [0, 0.05) is 13.1 Å². The molecule has 0 saturated carbocycles. The minimum atomic E-state index is -0.529. The molecule has 3 N–H and O–H groups in total. The highest BCUT2D eigenvalue weighted by molar-refractivity contribution is 6.02. The Morgan fingerprint density at radius 2 is 1.68 bits per heavy atom. The van der Waals surface area contributed by atoms with Crippen LogP contribution in [0, 0.1) is 11.8 Å². The maximum absolute atomic E-state index is 12.6. The molecule has 19 heavy (non-hydrogen) atoms. The van der Waals surface area contributed by atoms with Crippen LogP contribution in [0.3, 0.4) is 0 Å². The number of amides is 1. The fourth-order valence-electron chi connectivity index (χ4n) is 2.04. The molecule has 0 aromatic heterocycles. The molecular weight excluding hydrogens is 242 g/mol. The predicted molar refractivity (Wildman–Crippen MR) is 78.1 cm³/mol. The second-order valence-corrected chi connectivity index (χ2v) is 5.28. The summed E-state index contributed by atoms with van der Waals surface area (Å²) in [6, 6.07) is 0. The number of rotatable bonds is 9. The second-order valence-electron chi connectivity index (χ2n) is 5.28. The van der Waals surface area contributed by atoms with Gasteiger partial charge >= 0.3 is 0 Å². The van der Waals surface area contributed by atoms with Crippen molar-refractivity contribution in [2.75, 3.05) is 13.1 Å². The molecule has 0 radical (unpaired) electrons. The molecule has 112 valence electrons. The summed E-state index contributed by atoms with van der Waals surface area (Å²) in [4.78, 5) is 14.4. The van der Waals surface area contributed by atoms with Gasteiger partial charge in [-0.3, -0.25) is 4.79 Å². The topological polar surface area (TPSA) is 78.9 Å². The normalized spacial score (nSPS) is 13.6. The van der Waals surface area contributed by atoms with Gasteiger partial charge in [-0.1, -0.05) is 45.7 Å². The van der Waals surface area contributed by atoms with Crippen molar-refractivity contribution >= 4 is 11.7 Å². The Labute approximate surface area is 116 Å². The lowest BCUT2D eigenvalue weighted by atomic mass is 9.93. The molecule has 0 bridgehead atoms. The Morgan fingerprint density at radius 3 is 2.00 bits per heavy atom.